The molecule has 2 aromatic rings. The number of ether oxygens (including phenoxy) is 3. The van der Waals surface area contributed by atoms with Gasteiger partial charge in [0.2, 0.25) is 0 Å². The highest BCUT2D eigenvalue weighted by Gasteiger charge is 2.24. The van der Waals surface area contributed by atoms with Crippen LogP contribution in [-0.4, -0.2) is 48.1 Å². The first-order valence-corrected chi connectivity index (χ1v) is 6.74. The summed E-state index contributed by atoms with van der Waals surface area (Å²) >= 11 is 0. The number of rotatable bonds is 7. The van der Waals surface area contributed by atoms with Gasteiger partial charge in [0.25, 0.3) is 6.43 Å². The molecule has 0 bridgehead atoms. The molecule has 0 saturated carbocycles. The molecular formula is C14H15F2N3O4. The molecule has 7 nitrogen and oxygen atoms in total. The average Bonchev–Trinajstić information content (AvgIpc) is 3.02. The molecule has 1 aromatic carbocycles. The molecule has 0 radical (unpaired) electrons. The smallest absolute Gasteiger partial charge is 0.361 e. The summed E-state index contributed by atoms with van der Waals surface area (Å²) in [5.41, 5.74) is 0.357. The average molecular weight is 327 g/mol. The van der Waals surface area contributed by atoms with E-state index in [9.17, 15) is 13.6 Å². The Hall–Kier alpha value is -2.71. The standard InChI is InChI=1S/C14H15F2N3O4/c1-3-22-14(20)12-11(17-19-18-12)8-5-4-6-9(21-2)13(8)23-7-10(15)16/h4-6,10H,3,7H2,1-2H3,(H,17,18,19). The van der Waals surface area contributed by atoms with E-state index in [2.05, 4.69) is 15.4 Å². The molecule has 0 aliphatic heterocycles. The minimum Gasteiger partial charge on any atom is -0.493 e. The maximum atomic E-state index is 12.5. The van der Waals surface area contributed by atoms with Gasteiger partial charge in [0.1, 0.15) is 12.3 Å². The second-order valence-corrected chi connectivity index (χ2v) is 4.28. The van der Waals surface area contributed by atoms with Crippen molar-refractivity contribution in [1.29, 1.82) is 0 Å². The van der Waals surface area contributed by atoms with Crippen molar-refractivity contribution in [3.63, 3.8) is 0 Å². The highest BCUT2D eigenvalue weighted by atomic mass is 19.3. The summed E-state index contributed by atoms with van der Waals surface area (Å²) in [6, 6.07) is 4.73. The van der Waals surface area contributed by atoms with Crippen molar-refractivity contribution >= 4 is 5.97 Å². The van der Waals surface area contributed by atoms with Gasteiger partial charge in [0.15, 0.2) is 17.2 Å². The van der Waals surface area contributed by atoms with E-state index in [-0.39, 0.29) is 29.5 Å². The lowest BCUT2D eigenvalue weighted by Gasteiger charge is -2.14. The summed E-state index contributed by atoms with van der Waals surface area (Å²) in [6.45, 7) is 0.998. The normalized spacial score (nSPS) is 10.7. The molecule has 9 heteroatoms. The number of H-pyrrole nitrogens is 1. The number of para-hydroxylation sites is 1. The molecule has 1 heterocycles. The minimum atomic E-state index is -2.66. The van der Waals surface area contributed by atoms with Crippen LogP contribution < -0.4 is 9.47 Å². The zero-order chi connectivity index (χ0) is 16.8. The molecule has 0 saturated heterocycles. The number of carbonyl (C=O) groups excluding carboxylic acids is 1. The van der Waals surface area contributed by atoms with Gasteiger partial charge in [-0.1, -0.05) is 6.07 Å². The fourth-order valence-corrected chi connectivity index (χ4v) is 1.92. The van der Waals surface area contributed by atoms with Gasteiger partial charge in [0, 0.05) is 0 Å². The Morgan fingerprint density at radius 3 is 2.78 bits per heavy atom. The second-order valence-electron chi connectivity index (χ2n) is 4.28. The number of methoxy groups -OCH3 is 1. The Balaban J connectivity index is 2.47. The zero-order valence-corrected chi connectivity index (χ0v) is 12.5. The summed E-state index contributed by atoms with van der Waals surface area (Å²) in [7, 11) is 1.38. The van der Waals surface area contributed by atoms with E-state index >= 15 is 0 Å². The van der Waals surface area contributed by atoms with E-state index in [0.29, 0.717) is 5.56 Å². The molecule has 0 unspecified atom stereocenters. The van der Waals surface area contributed by atoms with Crippen molar-refractivity contribution in [3.8, 4) is 22.8 Å². The van der Waals surface area contributed by atoms with Crippen LogP contribution in [0.25, 0.3) is 11.3 Å². The number of hydrogen-bond donors (Lipinski definition) is 1. The summed E-state index contributed by atoms with van der Waals surface area (Å²) in [6.07, 6.45) is -2.66. The third-order valence-electron chi connectivity index (χ3n) is 2.82. The van der Waals surface area contributed by atoms with Crippen LogP contribution in [0.1, 0.15) is 17.4 Å². The summed E-state index contributed by atoms with van der Waals surface area (Å²) in [4.78, 5) is 11.9. The quantitative estimate of drug-likeness (QED) is 0.785. The molecule has 1 N–H and O–H groups in total. The third kappa shape index (κ3) is 3.74. The highest BCUT2D eigenvalue weighted by molar-refractivity contribution is 5.95. The molecule has 0 atom stereocenters. The van der Waals surface area contributed by atoms with E-state index in [4.69, 9.17) is 14.2 Å². The Morgan fingerprint density at radius 1 is 1.35 bits per heavy atom. The van der Waals surface area contributed by atoms with Crippen molar-refractivity contribution in [2.24, 2.45) is 0 Å². The lowest BCUT2D eigenvalue weighted by atomic mass is 10.1. The maximum absolute atomic E-state index is 12.5. The van der Waals surface area contributed by atoms with Gasteiger partial charge >= 0.3 is 5.97 Å². The number of hydrogen-bond acceptors (Lipinski definition) is 6. The van der Waals surface area contributed by atoms with E-state index in [1.165, 1.54) is 7.11 Å². The third-order valence-corrected chi connectivity index (χ3v) is 2.82. The van der Waals surface area contributed by atoms with Gasteiger partial charge < -0.3 is 14.2 Å². The fourth-order valence-electron chi connectivity index (χ4n) is 1.92. The number of aromatic nitrogens is 3. The first-order chi connectivity index (χ1) is 11.1. The number of nitrogens with one attached hydrogen (secondary N) is 1. The van der Waals surface area contributed by atoms with Gasteiger partial charge in [-0.3, -0.25) is 0 Å². The number of carbonyl (C=O) groups is 1. The predicted octanol–water partition coefficient (Wildman–Crippen LogP) is 2.30. The maximum Gasteiger partial charge on any atom is 0.361 e. The second kappa shape index (κ2) is 7.52. The summed E-state index contributed by atoms with van der Waals surface area (Å²) < 4.78 is 40.1. The van der Waals surface area contributed by atoms with Gasteiger partial charge in [-0.05, 0) is 19.1 Å². The van der Waals surface area contributed by atoms with E-state index in [0.717, 1.165) is 0 Å². The van der Waals surface area contributed by atoms with Crippen LogP contribution >= 0.6 is 0 Å². The lowest BCUT2D eigenvalue weighted by Crippen LogP contribution is -2.10. The molecule has 2 rings (SSSR count). The lowest BCUT2D eigenvalue weighted by molar-refractivity contribution is 0.0520. The van der Waals surface area contributed by atoms with Crippen molar-refractivity contribution in [2.45, 2.75) is 13.3 Å². The molecule has 124 valence electrons. The topological polar surface area (TPSA) is 86.3 Å². The molecular weight excluding hydrogens is 312 g/mol. The largest absolute Gasteiger partial charge is 0.493 e. The SMILES string of the molecule is CCOC(=O)c1n[nH]nc1-c1cccc(OC)c1OCC(F)F. The van der Waals surface area contributed by atoms with Gasteiger partial charge in [-0.25, -0.2) is 13.6 Å². The Morgan fingerprint density at radius 2 is 2.13 bits per heavy atom. The number of alkyl halides is 2. The van der Waals surface area contributed by atoms with Crippen LogP contribution in [-0.2, 0) is 4.74 Å². The minimum absolute atomic E-state index is 0.0507. The predicted molar refractivity (Wildman–Crippen MR) is 75.8 cm³/mol. The summed E-state index contributed by atoms with van der Waals surface area (Å²) in [5, 5.41) is 9.96. The summed E-state index contributed by atoms with van der Waals surface area (Å²) in [5.74, 6) is -0.394. The van der Waals surface area contributed by atoms with Crippen LogP contribution in [0.4, 0.5) is 8.78 Å². The first-order valence-electron chi connectivity index (χ1n) is 6.74. The number of aromatic amines is 1. The van der Waals surface area contributed by atoms with Crippen LogP contribution in [0.5, 0.6) is 11.5 Å². The Kier molecular flexibility index (Phi) is 5.45. The van der Waals surface area contributed by atoms with Crippen LogP contribution in [0.2, 0.25) is 0 Å². The van der Waals surface area contributed by atoms with E-state index in [1.807, 2.05) is 0 Å². The molecule has 0 aliphatic carbocycles. The van der Waals surface area contributed by atoms with Crippen LogP contribution in [0, 0.1) is 0 Å². The van der Waals surface area contributed by atoms with E-state index < -0.39 is 19.0 Å². The van der Waals surface area contributed by atoms with Gasteiger partial charge in [-0.15, -0.1) is 5.10 Å². The van der Waals surface area contributed by atoms with E-state index in [1.54, 1.807) is 25.1 Å². The highest BCUT2D eigenvalue weighted by Crippen LogP contribution is 2.38. The monoisotopic (exact) mass is 327 g/mol. The molecule has 0 aliphatic rings. The molecule has 1 aromatic heterocycles. The molecule has 23 heavy (non-hydrogen) atoms. The molecule has 0 amide bonds. The zero-order valence-electron chi connectivity index (χ0n) is 12.5. The number of halogens is 2. The number of benzene rings is 1. The van der Waals surface area contributed by atoms with Crippen molar-refractivity contribution in [3.05, 3.63) is 23.9 Å². The Labute approximate surface area is 130 Å². The van der Waals surface area contributed by atoms with Gasteiger partial charge in [-0.2, -0.15) is 10.3 Å². The molecule has 0 fully saturated rings. The van der Waals surface area contributed by atoms with Crippen molar-refractivity contribution in [1.82, 2.24) is 15.4 Å². The number of esters is 1. The first kappa shape index (κ1) is 16.7. The fraction of sp³-hybridized carbons (Fsp3) is 0.357. The Bertz CT molecular complexity index is 676. The van der Waals surface area contributed by atoms with Crippen LogP contribution in [0.3, 0.4) is 0 Å². The van der Waals surface area contributed by atoms with Crippen molar-refractivity contribution < 1.29 is 27.8 Å². The van der Waals surface area contributed by atoms with Crippen molar-refractivity contribution in [2.75, 3.05) is 20.3 Å². The van der Waals surface area contributed by atoms with Gasteiger partial charge in [0.05, 0.1) is 19.3 Å². The molecule has 0 spiro atoms. The van der Waals surface area contributed by atoms with Crippen LogP contribution in [0.15, 0.2) is 18.2 Å². The number of nitrogens with zero attached hydrogens (tertiary/aromatic N) is 2.